The van der Waals surface area contributed by atoms with E-state index in [1.54, 1.807) is 12.1 Å². The molecule has 0 spiro atoms. The van der Waals surface area contributed by atoms with Crippen LogP contribution < -0.4 is 0 Å². The fraction of sp³-hybridized carbons (Fsp3) is 0.346. The van der Waals surface area contributed by atoms with Crippen molar-refractivity contribution in [3.63, 3.8) is 0 Å². The molecular formula is C26H32N2O3. The number of ketones is 1. The Morgan fingerprint density at radius 2 is 1.19 bits per heavy atom. The highest BCUT2D eigenvalue weighted by atomic mass is 16.3. The third kappa shape index (κ3) is 6.06. The second-order valence-corrected chi connectivity index (χ2v) is 8.77. The second-order valence-electron chi connectivity index (χ2n) is 8.77. The fourth-order valence-electron chi connectivity index (χ4n) is 3.91. The molecule has 0 atom stereocenters. The molecule has 1 fully saturated rings. The number of carbonyl (C=O) groups is 1. The number of phenolic OH excluding ortho intramolecular Hbond substituents is 2. The minimum absolute atomic E-state index is 0.0794. The van der Waals surface area contributed by atoms with Crippen molar-refractivity contribution < 1.29 is 15.0 Å². The minimum atomic E-state index is 0.0794. The van der Waals surface area contributed by atoms with Gasteiger partial charge in [-0.25, -0.2) is 0 Å². The van der Waals surface area contributed by atoms with E-state index in [0.717, 1.165) is 52.7 Å². The Balaban J connectivity index is 1.86. The molecule has 3 rings (SSSR count). The number of allylic oxidation sites excluding steroid dienone is 2. The van der Waals surface area contributed by atoms with E-state index in [2.05, 4.69) is 0 Å². The van der Waals surface area contributed by atoms with E-state index in [4.69, 9.17) is 0 Å². The number of Topliss-reactive ketones (excluding diaryl/α,β-unsaturated/α-hetero) is 1. The number of benzene rings is 2. The number of carbonyl (C=O) groups excluding carboxylic acids is 1. The highest BCUT2D eigenvalue weighted by Gasteiger charge is 2.21. The van der Waals surface area contributed by atoms with Gasteiger partial charge in [0.2, 0.25) is 0 Å². The summed E-state index contributed by atoms with van der Waals surface area (Å²) in [6, 6.07) is 11.0. The summed E-state index contributed by atoms with van der Waals surface area (Å²) in [7, 11) is 7.83. The summed E-state index contributed by atoms with van der Waals surface area (Å²) in [5, 5.41) is 20.2. The van der Waals surface area contributed by atoms with Crippen molar-refractivity contribution in [3.05, 3.63) is 69.8 Å². The standard InChI is InChI=1S/C26H32N2O3/c1-27(2)16-22-14-18(8-10-24(22)29)12-20-6-5-7-21(26(20)31)13-19-9-11-25(30)23(15-19)17-28(3)4/h8-15,29-30H,5-7,16-17H2,1-4H3/b20-12-,21-13?. The summed E-state index contributed by atoms with van der Waals surface area (Å²) in [5.74, 6) is 0.621. The lowest BCUT2D eigenvalue weighted by molar-refractivity contribution is -0.112. The Bertz CT molecular complexity index is 940. The highest BCUT2D eigenvalue weighted by Crippen LogP contribution is 2.30. The van der Waals surface area contributed by atoms with Gasteiger partial charge in [0, 0.05) is 35.4 Å². The summed E-state index contributed by atoms with van der Waals surface area (Å²) < 4.78 is 0. The van der Waals surface area contributed by atoms with E-state index in [9.17, 15) is 15.0 Å². The first-order valence-electron chi connectivity index (χ1n) is 10.6. The topological polar surface area (TPSA) is 64.0 Å². The molecule has 2 aromatic carbocycles. The third-order valence-corrected chi connectivity index (χ3v) is 5.34. The molecule has 0 aliphatic heterocycles. The van der Waals surface area contributed by atoms with Crippen molar-refractivity contribution in [3.8, 4) is 11.5 Å². The van der Waals surface area contributed by atoms with Crippen LogP contribution in [0.5, 0.6) is 11.5 Å². The molecule has 164 valence electrons. The SMILES string of the molecule is CN(C)Cc1cc(C=C2CCC/C(=C/c3ccc(O)c(CN(C)C)c3)C2=O)ccc1O. The summed E-state index contributed by atoms with van der Waals surface area (Å²) in [4.78, 5) is 17.1. The van der Waals surface area contributed by atoms with Crippen LogP contribution in [0.4, 0.5) is 0 Å². The molecule has 0 heterocycles. The summed E-state index contributed by atoms with van der Waals surface area (Å²) in [6.07, 6.45) is 6.32. The van der Waals surface area contributed by atoms with Gasteiger partial charge in [-0.2, -0.15) is 0 Å². The van der Waals surface area contributed by atoms with Crippen LogP contribution in [0.25, 0.3) is 12.2 Å². The maximum absolute atomic E-state index is 13.1. The lowest BCUT2D eigenvalue weighted by Gasteiger charge is -2.18. The van der Waals surface area contributed by atoms with Gasteiger partial charge in [0.25, 0.3) is 0 Å². The summed E-state index contributed by atoms with van der Waals surface area (Å²) in [6.45, 7) is 1.27. The number of hydrogen-bond acceptors (Lipinski definition) is 5. The molecule has 0 aromatic heterocycles. The molecule has 1 saturated carbocycles. The van der Waals surface area contributed by atoms with E-state index in [1.807, 2.05) is 74.4 Å². The van der Waals surface area contributed by atoms with E-state index >= 15 is 0 Å². The van der Waals surface area contributed by atoms with Gasteiger partial charge in [0.05, 0.1) is 0 Å². The van der Waals surface area contributed by atoms with Crippen molar-refractivity contribution in [1.29, 1.82) is 0 Å². The zero-order chi connectivity index (χ0) is 22.5. The average Bonchev–Trinajstić information content (AvgIpc) is 2.69. The molecule has 0 amide bonds. The molecular weight excluding hydrogens is 388 g/mol. The van der Waals surface area contributed by atoms with Crippen molar-refractivity contribution in [2.24, 2.45) is 0 Å². The quantitative estimate of drug-likeness (QED) is 0.677. The van der Waals surface area contributed by atoms with Crippen LogP contribution in [0.1, 0.15) is 41.5 Å². The monoisotopic (exact) mass is 420 g/mol. The number of phenols is 2. The molecule has 5 heteroatoms. The summed E-state index contributed by atoms with van der Waals surface area (Å²) >= 11 is 0. The van der Waals surface area contributed by atoms with Crippen LogP contribution in [0.3, 0.4) is 0 Å². The molecule has 31 heavy (non-hydrogen) atoms. The van der Waals surface area contributed by atoms with Crippen LogP contribution in [-0.2, 0) is 17.9 Å². The van der Waals surface area contributed by atoms with Gasteiger partial charge >= 0.3 is 0 Å². The van der Waals surface area contributed by atoms with Crippen LogP contribution in [0.2, 0.25) is 0 Å². The largest absolute Gasteiger partial charge is 0.508 e. The zero-order valence-electron chi connectivity index (χ0n) is 18.9. The van der Waals surface area contributed by atoms with Gasteiger partial charge in [-0.3, -0.25) is 4.79 Å². The van der Waals surface area contributed by atoms with Gasteiger partial charge in [0.15, 0.2) is 5.78 Å². The van der Waals surface area contributed by atoms with Crippen molar-refractivity contribution in [1.82, 2.24) is 9.80 Å². The van der Waals surface area contributed by atoms with Crippen LogP contribution in [0.15, 0.2) is 47.5 Å². The number of nitrogens with zero attached hydrogens (tertiary/aromatic N) is 2. The second kappa shape index (κ2) is 9.94. The Labute approximate surface area is 184 Å². The molecule has 0 saturated heterocycles. The van der Waals surface area contributed by atoms with Crippen molar-refractivity contribution in [2.45, 2.75) is 32.4 Å². The predicted octanol–water partition coefficient (Wildman–Crippen LogP) is 4.44. The van der Waals surface area contributed by atoms with E-state index in [-0.39, 0.29) is 17.3 Å². The van der Waals surface area contributed by atoms with E-state index < -0.39 is 0 Å². The number of aromatic hydroxyl groups is 2. The molecule has 0 unspecified atom stereocenters. The molecule has 2 aromatic rings. The van der Waals surface area contributed by atoms with Gasteiger partial charge < -0.3 is 20.0 Å². The number of rotatable bonds is 6. The third-order valence-electron chi connectivity index (χ3n) is 5.34. The smallest absolute Gasteiger partial charge is 0.185 e. The van der Waals surface area contributed by atoms with Crippen LogP contribution >= 0.6 is 0 Å². The average molecular weight is 421 g/mol. The zero-order valence-corrected chi connectivity index (χ0v) is 18.9. The Hall–Kier alpha value is -2.89. The molecule has 1 aliphatic carbocycles. The first-order chi connectivity index (χ1) is 14.7. The van der Waals surface area contributed by atoms with E-state index in [0.29, 0.717) is 13.1 Å². The number of hydrogen-bond donors (Lipinski definition) is 2. The van der Waals surface area contributed by atoms with E-state index in [1.165, 1.54) is 0 Å². The van der Waals surface area contributed by atoms with Crippen LogP contribution in [0, 0.1) is 0 Å². The van der Waals surface area contributed by atoms with Gasteiger partial charge in [-0.1, -0.05) is 12.1 Å². The van der Waals surface area contributed by atoms with Crippen molar-refractivity contribution in [2.75, 3.05) is 28.2 Å². The minimum Gasteiger partial charge on any atom is -0.508 e. The summed E-state index contributed by atoms with van der Waals surface area (Å²) in [5.41, 5.74) is 5.14. The maximum atomic E-state index is 13.1. The first kappa shape index (κ1) is 22.8. The predicted molar refractivity (Wildman–Crippen MR) is 126 cm³/mol. The fourth-order valence-corrected chi connectivity index (χ4v) is 3.91. The molecule has 1 aliphatic rings. The van der Waals surface area contributed by atoms with Crippen molar-refractivity contribution >= 4 is 17.9 Å². The molecule has 2 N–H and O–H groups in total. The van der Waals surface area contributed by atoms with Gasteiger partial charge in [-0.05, 0) is 95.0 Å². The maximum Gasteiger partial charge on any atom is 0.185 e. The lowest BCUT2D eigenvalue weighted by Crippen LogP contribution is -2.13. The normalized spacial score (nSPS) is 17.3. The Kier molecular flexibility index (Phi) is 7.31. The molecule has 5 nitrogen and oxygen atoms in total. The first-order valence-corrected chi connectivity index (χ1v) is 10.6. The molecule has 0 radical (unpaired) electrons. The van der Waals surface area contributed by atoms with Gasteiger partial charge in [0.1, 0.15) is 11.5 Å². The van der Waals surface area contributed by atoms with Gasteiger partial charge in [-0.15, -0.1) is 0 Å². The Morgan fingerprint density at radius 3 is 1.58 bits per heavy atom. The van der Waals surface area contributed by atoms with Crippen LogP contribution in [-0.4, -0.2) is 54.0 Å². The highest BCUT2D eigenvalue weighted by molar-refractivity contribution is 6.14. The lowest BCUT2D eigenvalue weighted by atomic mass is 9.86. The Morgan fingerprint density at radius 1 is 0.774 bits per heavy atom. The molecule has 0 bridgehead atoms.